The van der Waals surface area contributed by atoms with Crippen LogP contribution in [0.4, 0.5) is 0 Å². The summed E-state index contributed by atoms with van der Waals surface area (Å²) in [6, 6.07) is 22.7. The minimum atomic E-state index is -0.515. The minimum Gasteiger partial charge on any atom is -0.466 e. The second-order valence-electron chi connectivity index (χ2n) is 12.0. The molecule has 0 aliphatic heterocycles. The fourth-order valence-electron chi connectivity index (χ4n) is 5.51. The lowest BCUT2D eigenvalue weighted by molar-refractivity contribution is -0.241. The van der Waals surface area contributed by atoms with E-state index in [2.05, 4.69) is 64.1 Å². The van der Waals surface area contributed by atoms with Crippen molar-refractivity contribution in [1.82, 2.24) is 0 Å². The quantitative estimate of drug-likeness (QED) is 0.105. The minimum absolute atomic E-state index is 0.0506. The van der Waals surface area contributed by atoms with E-state index in [1.54, 1.807) is 6.92 Å². The molecule has 3 aromatic rings. The van der Waals surface area contributed by atoms with Gasteiger partial charge in [-0.3, -0.25) is 9.68 Å². The van der Waals surface area contributed by atoms with Crippen molar-refractivity contribution >= 4 is 11.9 Å². The molecule has 40 heavy (non-hydrogen) atoms. The molecule has 0 atom stereocenters. The third-order valence-electron chi connectivity index (χ3n) is 8.06. The van der Waals surface area contributed by atoms with Gasteiger partial charge >= 0.3 is 11.9 Å². The van der Waals surface area contributed by atoms with Crippen LogP contribution in [0.3, 0.4) is 0 Å². The van der Waals surface area contributed by atoms with E-state index in [0.29, 0.717) is 31.4 Å². The summed E-state index contributed by atoms with van der Waals surface area (Å²) in [5.74, 6) is -0.700. The first-order valence-corrected chi connectivity index (χ1v) is 14.5. The molecule has 0 spiro atoms. The largest absolute Gasteiger partial charge is 0.466 e. The number of hydrogen-bond acceptors (Lipinski definition) is 5. The molecule has 4 rings (SSSR count). The van der Waals surface area contributed by atoms with E-state index < -0.39 is 5.97 Å². The Balaban J connectivity index is 1.56. The van der Waals surface area contributed by atoms with E-state index in [1.165, 1.54) is 11.1 Å². The van der Waals surface area contributed by atoms with Crippen LogP contribution in [-0.4, -0.2) is 25.2 Å². The van der Waals surface area contributed by atoms with Crippen LogP contribution in [0.2, 0.25) is 0 Å². The number of hydrogen-bond donors (Lipinski definition) is 0. The molecule has 0 N–H and O–H groups in total. The zero-order chi connectivity index (χ0) is 28.8. The zero-order valence-electron chi connectivity index (χ0n) is 24.5. The molecule has 0 bridgehead atoms. The number of rotatable bonds is 11. The summed E-state index contributed by atoms with van der Waals surface area (Å²) in [4.78, 5) is 35.3. The standard InChI is InChI=1S/C35H42O5/c1-6-38-32(36)15-11-8-12-22-39-40-33(37)28-18-16-26(25-13-9-7-10-14-25)23-29(28)27-17-19-30-31(24-27)35(4,5)21-20-34(30,2)3/h7,9-10,13-14,16-19,23-24H,6,8,11-12,15,20-22H2,1-5H3. The van der Waals surface area contributed by atoms with Crippen molar-refractivity contribution in [2.45, 2.75) is 84.0 Å². The number of ether oxygens (including phenoxy) is 1. The van der Waals surface area contributed by atoms with Gasteiger partial charge in [-0.15, -0.1) is 0 Å². The van der Waals surface area contributed by atoms with Gasteiger partial charge in [0.15, 0.2) is 0 Å². The fourth-order valence-corrected chi connectivity index (χ4v) is 5.51. The lowest BCUT2D eigenvalue weighted by Crippen LogP contribution is -2.33. The molecule has 1 aliphatic rings. The maximum atomic E-state index is 13.2. The predicted molar refractivity (Wildman–Crippen MR) is 159 cm³/mol. The summed E-state index contributed by atoms with van der Waals surface area (Å²) in [5.41, 5.74) is 7.28. The average molecular weight is 543 g/mol. The fraction of sp³-hybridized carbons (Fsp3) is 0.429. The number of carbonyl (C=O) groups excluding carboxylic acids is 2. The summed E-state index contributed by atoms with van der Waals surface area (Å²) in [7, 11) is 0. The number of unbranched alkanes of at least 4 members (excludes halogenated alkanes) is 2. The van der Waals surface area contributed by atoms with E-state index in [1.807, 2.05) is 30.3 Å². The molecule has 0 unspecified atom stereocenters. The van der Waals surface area contributed by atoms with Crippen LogP contribution in [0.15, 0.2) is 66.7 Å². The van der Waals surface area contributed by atoms with Gasteiger partial charge in [0.05, 0.1) is 18.8 Å². The van der Waals surface area contributed by atoms with Gasteiger partial charge in [-0.2, -0.15) is 4.89 Å². The van der Waals surface area contributed by atoms with Gasteiger partial charge in [0.25, 0.3) is 0 Å². The molecule has 0 saturated carbocycles. The molecule has 1 aliphatic carbocycles. The highest BCUT2D eigenvalue weighted by Crippen LogP contribution is 2.47. The van der Waals surface area contributed by atoms with Gasteiger partial charge in [0, 0.05) is 6.42 Å². The van der Waals surface area contributed by atoms with Crippen LogP contribution >= 0.6 is 0 Å². The first kappa shape index (κ1) is 29.5. The third kappa shape index (κ3) is 7.00. The Morgan fingerprint density at radius 3 is 2.17 bits per heavy atom. The number of esters is 1. The third-order valence-corrected chi connectivity index (χ3v) is 8.06. The van der Waals surface area contributed by atoms with Gasteiger partial charge < -0.3 is 4.74 Å². The summed E-state index contributed by atoms with van der Waals surface area (Å²) in [6.45, 7) is 11.7. The second-order valence-corrected chi connectivity index (χ2v) is 12.0. The zero-order valence-corrected chi connectivity index (χ0v) is 24.5. The number of benzene rings is 3. The Kier molecular flexibility index (Phi) is 9.47. The Labute approximate surface area is 238 Å². The first-order chi connectivity index (χ1) is 19.1. The second kappa shape index (κ2) is 12.8. The first-order valence-electron chi connectivity index (χ1n) is 14.5. The molecule has 0 saturated heterocycles. The molecule has 3 aromatic carbocycles. The summed E-state index contributed by atoms with van der Waals surface area (Å²) in [5, 5.41) is 0. The van der Waals surface area contributed by atoms with Crippen molar-refractivity contribution in [3.63, 3.8) is 0 Å². The van der Waals surface area contributed by atoms with Crippen LogP contribution in [0, 0.1) is 0 Å². The Morgan fingerprint density at radius 2 is 1.45 bits per heavy atom. The van der Waals surface area contributed by atoms with Crippen LogP contribution in [0.1, 0.15) is 94.6 Å². The van der Waals surface area contributed by atoms with Gasteiger partial charge in [-0.25, -0.2) is 4.79 Å². The van der Waals surface area contributed by atoms with Crippen LogP contribution in [0.5, 0.6) is 0 Å². The monoisotopic (exact) mass is 542 g/mol. The van der Waals surface area contributed by atoms with Crippen molar-refractivity contribution in [3.05, 3.63) is 83.4 Å². The molecule has 0 radical (unpaired) electrons. The van der Waals surface area contributed by atoms with Crippen molar-refractivity contribution in [2.75, 3.05) is 13.2 Å². The topological polar surface area (TPSA) is 61.8 Å². The Bertz CT molecular complexity index is 1320. The highest BCUT2D eigenvalue weighted by Gasteiger charge is 2.37. The summed E-state index contributed by atoms with van der Waals surface area (Å²) < 4.78 is 4.95. The molecule has 0 amide bonds. The van der Waals surface area contributed by atoms with E-state index in [4.69, 9.17) is 14.5 Å². The summed E-state index contributed by atoms with van der Waals surface area (Å²) >= 11 is 0. The molecule has 5 heteroatoms. The normalized spacial score (nSPS) is 15.2. The predicted octanol–water partition coefficient (Wildman–Crippen LogP) is 8.58. The highest BCUT2D eigenvalue weighted by atomic mass is 17.2. The van der Waals surface area contributed by atoms with Crippen LogP contribution < -0.4 is 0 Å². The number of carbonyl (C=O) groups is 2. The lowest BCUT2D eigenvalue weighted by atomic mass is 9.63. The lowest BCUT2D eigenvalue weighted by Gasteiger charge is -2.42. The van der Waals surface area contributed by atoms with Gasteiger partial charge in [0.2, 0.25) is 0 Å². The van der Waals surface area contributed by atoms with Gasteiger partial charge in [-0.1, -0.05) is 88.7 Å². The van der Waals surface area contributed by atoms with Crippen LogP contribution in [0.25, 0.3) is 22.3 Å². The molecular formula is C35H42O5. The van der Waals surface area contributed by atoms with Gasteiger partial charge in [-0.05, 0) is 89.0 Å². The van der Waals surface area contributed by atoms with Crippen molar-refractivity contribution in [2.24, 2.45) is 0 Å². The highest BCUT2D eigenvalue weighted by molar-refractivity contribution is 5.98. The number of fused-ring (bicyclic) bond motifs is 1. The van der Waals surface area contributed by atoms with E-state index in [9.17, 15) is 9.59 Å². The Morgan fingerprint density at radius 1 is 0.750 bits per heavy atom. The molecular weight excluding hydrogens is 500 g/mol. The van der Waals surface area contributed by atoms with Crippen molar-refractivity contribution in [3.8, 4) is 22.3 Å². The molecule has 0 aromatic heterocycles. The Hall–Kier alpha value is -3.44. The van der Waals surface area contributed by atoms with Crippen LogP contribution in [-0.2, 0) is 30.1 Å². The molecule has 0 heterocycles. The SMILES string of the molecule is CCOC(=O)CCCCCOOC(=O)c1ccc(-c2ccccc2)cc1-c1ccc2c(c1)C(C)(C)CCC2(C)C. The maximum absolute atomic E-state index is 13.2. The molecule has 5 nitrogen and oxygen atoms in total. The van der Waals surface area contributed by atoms with Crippen molar-refractivity contribution in [1.29, 1.82) is 0 Å². The average Bonchev–Trinajstić information content (AvgIpc) is 2.95. The van der Waals surface area contributed by atoms with E-state index in [0.717, 1.165) is 41.5 Å². The molecule has 0 fully saturated rings. The smallest absolute Gasteiger partial charge is 0.373 e. The van der Waals surface area contributed by atoms with Gasteiger partial charge in [0.1, 0.15) is 0 Å². The summed E-state index contributed by atoms with van der Waals surface area (Å²) in [6.07, 6.45) is 4.83. The van der Waals surface area contributed by atoms with Crippen molar-refractivity contribution < 1.29 is 24.1 Å². The van der Waals surface area contributed by atoms with E-state index >= 15 is 0 Å². The van der Waals surface area contributed by atoms with E-state index in [-0.39, 0.29) is 23.4 Å². The molecule has 212 valence electrons. The maximum Gasteiger partial charge on any atom is 0.373 e.